The highest BCUT2D eigenvalue weighted by Gasteiger charge is 2.34. The zero-order valence-electron chi connectivity index (χ0n) is 19.4. The van der Waals surface area contributed by atoms with E-state index >= 15 is 0 Å². The summed E-state index contributed by atoms with van der Waals surface area (Å²) in [4.78, 5) is 26.7. The third-order valence-corrected chi connectivity index (χ3v) is 6.41. The summed E-state index contributed by atoms with van der Waals surface area (Å²) < 4.78 is 31.0. The van der Waals surface area contributed by atoms with E-state index < -0.39 is 5.91 Å². The summed E-state index contributed by atoms with van der Waals surface area (Å²) in [5.74, 6) is 0.644. The van der Waals surface area contributed by atoms with Crippen LogP contribution in [0.15, 0.2) is 71.6 Å². The van der Waals surface area contributed by atoms with E-state index in [1.54, 1.807) is 66.7 Å². The number of thioether (sulfide) groups is 1. The highest BCUT2D eigenvalue weighted by Crippen LogP contribution is 2.35. The molecule has 0 spiro atoms. The maximum atomic E-state index is 13.9. The number of hydrogen-bond donors (Lipinski definition) is 0. The van der Waals surface area contributed by atoms with E-state index in [0.717, 1.165) is 16.7 Å². The van der Waals surface area contributed by atoms with E-state index in [2.05, 4.69) is 0 Å². The van der Waals surface area contributed by atoms with Crippen molar-refractivity contribution in [2.24, 2.45) is 0 Å². The second-order valence-electron chi connectivity index (χ2n) is 7.63. The molecule has 1 aliphatic heterocycles. The maximum absolute atomic E-state index is 13.9. The van der Waals surface area contributed by atoms with Gasteiger partial charge in [-0.25, -0.2) is 4.39 Å². The molecule has 0 aromatic heterocycles. The second kappa shape index (κ2) is 12.0. The van der Waals surface area contributed by atoms with Crippen molar-refractivity contribution < 1.29 is 28.2 Å². The van der Waals surface area contributed by atoms with Crippen molar-refractivity contribution in [3.63, 3.8) is 0 Å². The van der Waals surface area contributed by atoms with Gasteiger partial charge in [0.15, 0.2) is 11.5 Å². The van der Waals surface area contributed by atoms with Crippen LogP contribution in [0.3, 0.4) is 0 Å². The van der Waals surface area contributed by atoms with E-state index in [9.17, 15) is 14.0 Å². The quantitative estimate of drug-likeness (QED) is 0.278. The Balaban J connectivity index is 1.43. The Morgan fingerprint density at radius 1 is 0.944 bits per heavy atom. The van der Waals surface area contributed by atoms with Gasteiger partial charge in [0.1, 0.15) is 24.8 Å². The molecular weight excluding hydrogens is 505 g/mol. The van der Waals surface area contributed by atoms with Crippen molar-refractivity contribution >= 4 is 40.6 Å². The molecule has 2 amide bonds. The molecule has 0 atom stereocenters. The van der Waals surface area contributed by atoms with Crippen molar-refractivity contribution in [3.05, 3.63) is 93.6 Å². The zero-order valence-corrected chi connectivity index (χ0v) is 21.0. The molecule has 3 aromatic rings. The zero-order chi connectivity index (χ0) is 25.5. The van der Waals surface area contributed by atoms with Crippen molar-refractivity contribution in [2.75, 3.05) is 19.8 Å². The molecule has 186 valence electrons. The first-order chi connectivity index (χ1) is 17.5. The number of carbonyl (C=O) groups excluding carboxylic acids is 2. The van der Waals surface area contributed by atoms with Crippen LogP contribution in [-0.2, 0) is 11.4 Å². The summed E-state index contributed by atoms with van der Waals surface area (Å²) in [5, 5.41) is 0.0850. The minimum atomic E-state index is -0.398. The molecule has 1 fully saturated rings. The van der Waals surface area contributed by atoms with E-state index in [1.807, 2.05) is 6.92 Å². The monoisotopic (exact) mass is 527 g/mol. The normalized spacial score (nSPS) is 14.4. The molecule has 1 saturated heterocycles. The lowest BCUT2D eigenvalue weighted by Crippen LogP contribution is -2.32. The molecule has 0 aliphatic carbocycles. The van der Waals surface area contributed by atoms with Gasteiger partial charge in [0.2, 0.25) is 0 Å². The summed E-state index contributed by atoms with van der Waals surface area (Å²) in [5.41, 5.74) is 1.09. The van der Waals surface area contributed by atoms with Crippen molar-refractivity contribution in [1.29, 1.82) is 0 Å². The number of carbonyl (C=O) groups is 2. The summed E-state index contributed by atoms with van der Waals surface area (Å²) in [6.45, 7) is 2.49. The van der Waals surface area contributed by atoms with E-state index in [4.69, 9.17) is 25.8 Å². The van der Waals surface area contributed by atoms with Crippen LogP contribution in [0.2, 0.25) is 5.02 Å². The van der Waals surface area contributed by atoms with Gasteiger partial charge < -0.3 is 14.2 Å². The smallest absolute Gasteiger partial charge is 0.293 e. The third kappa shape index (κ3) is 6.19. The van der Waals surface area contributed by atoms with Crippen LogP contribution in [0.1, 0.15) is 18.1 Å². The molecule has 36 heavy (non-hydrogen) atoms. The van der Waals surface area contributed by atoms with Gasteiger partial charge >= 0.3 is 0 Å². The molecule has 0 unspecified atom stereocenters. The average molecular weight is 528 g/mol. The summed E-state index contributed by atoms with van der Waals surface area (Å²) in [7, 11) is 0. The summed E-state index contributed by atoms with van der Waals surface area (Å²) in [6.07, 6.45) is 1.63. The molecule has 0 radical (unpaired) electrons. The van der Waals surface area contributed by atoms with Gasteiger partial charge in [-0.2, -0.15) is 0 Å². The molecule has 3 aromatic carbocycles. The van der Waals surface area contributed by atoms with Crippen LogP contribution in [0, 0.1) is 5.82 Å². The lowest BCUT2D eigenvalue weighted by Gasteiger charge is -2.14. The molecule has 0 saturated carbocycles. The summed E-state index contributed by atoms with van der Waals surface area (Å²) in [6, 6.07) is 18.5. The van der Waals surface area contributed by atoms with Gasteiger partial charge in [-0.3, -0.25) is 14.5 Å². The Morgan fingerprint density at radius 2 is 1.72 bits per heavy atom. The SMILES string of the molecule is CCOc1cc(/C=C2\SC(=O)N(CCOc3ccccc3Cl)C2=O)ccc1OCc1ccccc1F. The number of rotatable bonds is 10. The average Bonchev–Trinajstić information content (AvgIpc) is 3.13. The molecule has 6 nitrogen and oxygen atoms in total. The van der Waals surface area contributed by atoms with Crippen LogP contribution in [0.4, 0.5) is 9.18 Å². The number of ether oxygens (including phenoxy) is 3. The van der Waals surface area contributed by atoms with Crippen LogP contribution in [0.25, 0.3) is 6.08 Å². The minimum absolute atomic E-state index is 0.0429. The molecule has 4 rings (SSSR count). The first-order valence-electron chi connectivity index (χ1n) is 11.2. The fourth-order valence-corrected chi connectivity index (χ4v) is 4.48. The van der Waals surface area contributed by atoms with Crippen LogP contribution >= 0.6 is 23.4 Å². The molecule has 0 bridgehead atoms. The fourth-order valence-electron chi connectivity index (χ4n) is 3.43. The van der Waals surface area contributed by atoms with Crippen molar-refractivity contribution in [3.8, 4) is 17.2 Å². The van der Waals surface area contributed by atoms with Gasteiger partial charge in [0.25, 0.3) is 11.1 Å². The van der Waals surface area contributed by atoms with E-state index in [0.29, 0.717) is 44.9 Å². The Morgan fingerprint density at radius 3 is 2.50 bits per heavy atom. The largest absolute Gasteiger partial charge is 0.490 e. The topological polar surface area (TPSA) is 65.1 Å². The fraction of sp³-hybridized carbons (Fsp3) is 0.185. The summed E-state index contributed by atoms with van der Waals surface area (Å²) >= 11 is 6.93. The number of amides is 2. The number of halogens is 2. The Kier molecular flexibility index (Phi) is 8.51. The number of imide groups is 1. The van der Waals surface area contributed by atoms with Gasteiger partial charge in [-0.05, 0) is 60.7 Å². The van der Waals surface area contributed by atoms with E-state index in [-0.39, 0.29) is 30.8 Å². The van der Waals surface area contributed by atoms with Crippen molar-refractivity contribution in [2.45, 2.75) is 13.5 Å². The van der Waals surface area contributed by atoms with Gasteiger partial charge in [-0.15, -0.1) is 0 Å². The second-order valence-corrected chi connectivity index (χ2v) is 9.03. The predicted octanol–water partition coefficient (Wildman–Crippen LogP) is 6.57. The standard InChI is InChI=1S/C27H23ClFNO5S/c1-2-33-24-15-18(11-12-23(24)35-17-19-7-3-5-9-21(19)29)16-25-26(31)30(27(32)36-25)13-14-34-22-10-6-4-8-20(22)28/h3-12,15-16H,2,13-14,17H2,1H3/b25-16-. The van der Waals surface area contributed by atoms with Crippen molar-refractivity contribution in [1.82, 2.24) is 4.90 Å². The molecule has 9 heteroatoms. The number of para-hydroxylation sites is 1. The van der Waals surface area contributed by atoms with Crippen LogP contribution in [-0.4, -0.2) is 35.8 Å². The number of benzene rings is 3. The minimum Gasteiger partial charge on any atom is -0.490 e. The highest BCUT2D eigenvalue weighted by atomic mass is 35.5. The lowest BCUT2D eigenvalue weighted by atomic mass is 10.1. The Bertz CT molecular complexity index is 1300. The number of nitrogens with zero attached hydrogens (tertiary/aromatic N) is 1. The molecule has 1 aliphatic rings. The predicted molar refractivity (Wildman–Crippen MR) is 138 cm³/mol. The highest BCUT2D eigenvalue weighted by molar-refractivity contribution is 8.18. The first-order valence-corrected chi connectivity index (χ1v) is 12.4. The first kappa shape index (κ1) is 25.6. The Labute approximate surface area is 217 Å². The third-order valence-electron chi connectivity index (χ3n) is 5.19. The molecule has 0 N–H and O–H groups in total. The maximum Gasteiger partial charge on any atom is 0.293 e. The van der Waals surface area contributed by atoms with Gasteiger partial charge in [-0.1, -0.05) is 48.0 Å². The van der Waals surface area contributed by atoms with Crippen LogP contribution < -0.4 is 14.2 Å². The lowest BCUT2D eigenvalue weighted by molar-refractivity contribution is -0.123. The van der Waals surface area contributed by atoms with E-state index in [1.165, 1.54) is 6.07 Å². The molecule has 1 heterocycles. The number of hydrogen-bond acceptors (Lipinski definition) is 6. The van der Waals surface area contributed by atoms with Gasteiger partial charge in [0, 0.05) is 5.56 Å². The molecular formula is C27H23ClFNO5S. The van der Waals surface area contributed by atoms with Crippen LogP contribution in [0.5, 0.6) is 17.2 Å². The van der Waals surface area contributed by atoms with Gasteiger partial charge in [0.05, 0.1) is 23.1 Å². The Hall–Kier alpha value is -3.49.